The van der Waals surface area contributed by atoms with Gasteiger partial charge in [-0.3, -0.25) is 4.79 Å². The third-order valence-electron chi connectivity index (χ3n) is 6.83. The molecule has 2 aliphatic carbocycles. The van der Waals surface area contributed by atoms with Crippen LogP contribution in [0.2, 0.25) is 15.1 Å². The summed E-state index contributed by atoms with van der Waals surface area (Å²) >= 11 is 18.5. The summed E-state index contributed by atoms with van der Waals surface area (Å²) in [6.07, 6.45) is 8.78. The average Bonchev–Trinajstić information content (AvgIpc) is 2.83. The van der Waals surface area contributed by atoms with Crippen LogP contribution in [0.3, 0.4) is 0 Å². The summed E-state index contributed by atoms with van der Waals surface area (Å²) in [5.41, 5.74) is 3.08. The lowest BCUT2D eigenvalue weighted by Gasteiger charge is -2.30. The molecule has 1 saturated carbocycles. The maximum absolute atomic E-state index is 12.5. The first kappa shape index (κ1) is 25.3. The van der Waals surface area contributed by atoms with E-state index >= 15 is 0 Å². The van der Waals surface area contributed by atoms with Gasteiger partial charge in [-0.2, -0.15) is 4.98 Å². The van der Waals surface area contributed by atoms with Gasteiger partial charge in [0.15, 0.2) is 0 Å². The van der Waals surface area contributed by atoms with Crippen LogP contribution in [-0.2, 0) is 24.1 Å². The Hall–Kier alpha value is -1.76. The van der Waals surface area contributed by atoms with Crippen LogP contribution < -0.4 is 15.5 Å². The number of halogens is 3. The molecule has 0 radical (unpaired) electrons. The first-order chi connectivity index (χ1) is 16.3. The van der Waals surface area contributed by atoms with Gasteiger partial charge < -0.3 is 15.5 Å². The van der Waals surface area contributed by atoms with E-state index in [1.54, 1.807) is 12.1 Å². The van der Waals surface area contributed by atoms with Crippen LogP contribution in [-0.4, -0.2) is 42.6 Å². The van der Waals surface area contributed by atoms with Gasteiger partial charge in [-0.1, -0.05) is 34.8 Å². The molecule has 2 aliphatic rings. The van der Waals surface area contributed by atoms with Crippen LogP contribution in [0.4, 0.5) is 11.8 Å². The highest BCUT2D eigenvalue weighted by Crippen LogP contribution is 2.32. The second kappa shape index (κ2) is 11.3. The molecule has 34 heavy (non-hydrogen) atoms. The number of carbonyl (C=O) groups excluding carboxylic acids is 1. The summed E-state index contributed by atoms with van der Waals surface area (Å²) in [6.45, 7) is 0.654. The van der Waals surface area contributed by atoms with Gasteiger partial charge in [0.1, 0.15) is 5.82 Å². The number of hydrogen-bond donors (Lipinski definition) is 2. The molecule has 2 aromatic rings. The molecular formula is C25H32Cl3N5O. The Kier molecular flexibility index (Phi) is 8.43. The molecule has 9 heteroatoms. The Morgan fingerprint density at radius 1 is 1.03 bits per heavy atom. The highest BCUT2D eigenvalue weighted by Gasteiger charge is 2.24. The second-order valence-corrected chi connectivity index (χ2v) is 10.8. The van der Waals surface area contributed by atoms with Crippen LogP contribution in [0.15, 0.2) is 12.1 Å². The smallest absolute Gasteiger partial charge is 0.225 e. The zero-order valence-electron chi connectivity index (χ0n) is 19.8. The lowest BCUT2D eigenvalue weighted by Crippen LogP contribution is -2.35. The average molecular weight is 525 g/mol. The van der Waals surface area contributed by atoms with E-state index in [-0.39, 0.29) is 12.3 Å². The van der Waals surface area contributed by atoms with E-state index < -0.39 is 0 Å². The fourth-order valence-electron chi connectivity index (χ4n) is 4.91. The maximum Gasteiger partial charge on any atom is 0.225 e. The lowest BCUT2D eigenvalue weighted by molar-refractivity contribution is -0.120. The minimum atomic E-state index is -0.0926. The first-order valence-electron chi connectivity index (χ1n) is 12.0. The van der Waals surface area contributed by atoms with Gasteiger partial charge in [-0.25, -0.2) is 4.98 Å². The number of anilines is 2. The minimum absolute atomic E-state index is 0.0926. The molecule has 0 unspecified atom stereocenters. The van der Waals surface area contributed by atoms with Crippen molar-refractivity contribution in [2.75, 3.05) is 30.9 Å². The Labute approximate surface area is 216 Å². The van der Waals surface area contributed by atoms with Crippen molar-refractivity contribution in [2.24, 2.45) is 5.92 Å². The number of nitrogens with one attached hydrogen (secondary N) is 2. The molecule has 6 nitrogen and oxygen atoms in total. The summed E-state index contributed by atoms with van der Waals surface area (Å²) in [7, 11) is 4.10. The number of nitrogens with zero attached hydrogens (tertiary/aromatic N) is 3. The second-order valence-electron chi connectivity index (χ2n) is 9.56. The van der Waals surface area contributed by atoms with Crippen molar-refractivity contribution in [1.82, 2.24) is 15.3 Å². The van der Waals surface area contributed by atoms with Gasteiger partial charge >= 0.3 is 0 Å². The minimum Gasteiger partial charge on any atom is -0.362 e. The fraction of sp³-hybridized carbons (Fsp3) is 0.560. The quantitative estimate of drug-likeness (QED) is 0.454. The number of aryl methyl sites for hydroxylation is 1. The van der Waals surface area contributed by atoms with Gasteiger partial charge in [0.25, 0.3) is 0 Å². The molecule has 1 fully saturated rings. The van der Waals surface area contributed by atoms with E-state index in [0.717, 1.165) is 50.3 Å². The van der Waals surface area contributed by atoms with Crippen molar-refractivity contribution in [1.29, 1.82) is 0 Å². The van der Waals surface area contributed by atoms with Crippen molar-refractivity contribution in [3.8, 4) is 0 Å². The monoisotopic (exact) mass is 523 g/mol. The molecular weight excluding hydrogens is 493 g/mol. The zero-order valence-corrected chi connectivity index (χ0v) is 22.0. The molecule has 1 aromatic carbocycles. The number of fused-ring (bicyclic) bond motifs is 1. The predicted octanol–water partition coefficient (Wildman–Crippen LogP) is 5.71. The van der Waals surface area contributed by atoms with E-state index in [4.69, 9.17) is 44.8 Å². The molecule has 184 valence electrons. The largest absolute Gasteiger partial charge is 0.362 e. The number of rotatable bonds is 7. The molecule has 1 heterocycles. The summed E-state index contributed by atoms with van der Waals surface area (Å²) < 4.78 is 0. The van der Waals surface area contributed by atoms with Crippen molar-refractivity contribution in [2.45, 2.75) is 63.8 Å². The molecule has 1 amide bonds. The highest BCUT2D eigenvalue weighted by molar-refractivity contribution is 6.44. The lowest BCUT2D eigenvalue weighted by atomic mass is 9.86. The number of hydrogen-bond acceptors (Lipinski definition) is 5. The van der Waals surface area contributed by atoms with Gasteiger partial charge in [0.2, 0.25) is 11.9 Å². The molecule has 0 bridgehead atoms. The summed E-state index contributed by atoms with van der Waals surface area (Å²) in [5.74, 6) is 2.15. The van der Waals surface area contributed by atoms with Gasteiger partial charge in [-0.05, 0) is 69.4 Å². The van der Waals surface area contributed by atoms with Crippen LogP contribution >= 0.6 is 34.8 Å². The summed E-state index contributed by atoms with van der Waals surface area (Å²) in [4.78, 5) is 24.3. The van der Waals surface area contributed by atoms with Crippen LogP contribution in [0.25, 0.3) is 0 Å². The molecule has 0 atom stereocenters. The zero-order chi connectivity index (χ0) is 24.2. The van der Waals surface area contributed by atoms with E-state index in [2.05, 4.69) is 29.6 Å². The normalized spacial score (nSPS) is 19.9. The predicted molar refractivity (Wildman–Crippen MR) is 141 cm³/mol. The number of carbonyl (C=O) groups is 1. The van der Waals surface area contributed by atoms with Gasteiger partial charge in [0, 0.05) is 42.8 Å². The first-order valence-corrected chi connectivity index (χ1v) is 13.2. The van der Waals surface area contributed by atoms with Crippen LogP contribution in [0.1, 0.15) is 55.3 Å². The van der Waals surface area contributed by atoms with Gasteiger partial charge in [0.05, 0.1) is 22.2 Å². The molecule has 4 rings (SSSR count). The van der Waals surface area contributed by atoms with Crippen molar-refractivity contribution in [3.63, 3.8) is 0 Å². The number of benzene rings is 1. The molecule has 0 aliphatic heterocycles. The maximum atomic E-state index is 12.5. The number of aromatic nitrogens is 2. The van der Waals surface area contributed by atoms with E-state index in [1.807, 2.05) is 0 Å². The fourth-order valence-corrected chi connectivity index (χ4v) is 5.60. The third kappa shape index (κ3) is 6.07. The summed E-state index contributed by atoms with van der Waals surface area (Å²) in [5, 5.41) is 7.83. The topological polar surface area (TPSA) is 70.2 Å². The van der Waals surface area contributed by atoms with Gasteiger partial charge in [-0.15, -0.1) is 0 Å². The SMILES string of the molecule is CN(C)c1nc(N[C@H]2CC[C@@H](CNC(=O)Cc3c(Cl)ccc(Cl)c3Cl)CC2)nc2c1CCCC2. The Morgan fingerprint density at radius 3 is 2.47 bits per heavy atom. The number of amides is 1. The van der Waals surface area contributed by atoms with E-state index in [0.29, 0.717) is 39.1 Å². The van der Waals surface area contributed by atoms with Crippen LogP contribution in [0, 0.1) is 5.92 Å². The van der Waals surface area contributed by atoms with Crippen molar-refractivity contribution >= 4 is 52.5 Å². The standard InChI is InChI=1S/C25H32Cl3N5O/c1-33(2)24-17-5-3-4-6-21(17)31-25(32-24)30-16-9-7-15(8-10-16)14-29-22(34)13-18-19(26)11-12-20(27)23(18)28/h11-12,15-16H,3-10,13-14H2,1-2H3,(H,29,34)(H,30,31,32)/t15-,16+. The Morgan fingerprint density at radius 2 is 1.74 bits per heavy atom. The van der Waals surface area contributed by atoms with E-state index in [9.17, 15) is 4.79 Å². The van der Waals surface area contributed by atoms with Crippen molar-refractivity contribution < 1.29 is 4.79 Å². The highest BCUT2D eigenvalue weighted by atomic mass is 35.5. The van der Waals surface area contributed by atoms with E-state index in [1.165, 1.54) is 24.1 Å². The molecule has 2 N–H and O–H groups in total. The van der Waals surface area contributed by atoms with Crippen molar-refractivity contribution in [3.05, 3.63) is 44.0 Å². The summed E-state index contributed by atoms with van der Waals surface area (Å²) in [6, 6.07) is 3.66. The van der Waals surface area contributed by atoms with Crippen LogP contribution in [0.5, 0.6) is 0 Å². The molecule has 0 saturated heterocycles. The third-order valence-corrected chi connectivity index (χ3v) is 8.03. The molecule has 1 aromatic heterocycles. The molecule has 0 spiro atoms. The Balaban J connectivity index is 1.27. The Bertz CT molecular complexity index is 1040.